The highest BCUT2D eigenvalue weighted by atomic mass is 19.1. The SMILES string of the molecule is CN(C(=O)c1cc(NC(=O)O)cc(Nc2ccccc2F)n1)C1Cc2ccccc2C1. The maximum absolute atomic E-state index is 14.0. The summed E-state index contributed by atoms with van der Waals surface area (Å²) in [5.74, 6) is -0.680. The molecule has 0 spiro atoms. The minimum atomic E-state index is -1.28. The third-order valence-corrected chi connectivity index (χ3v) is 5.33. The third-order valence-electron chi connectivity index (χ3n) is 5.33. The number of anilines is 3. The molecule has 0 saturated carbocycles. The van der Waals surface area contributed by atoms with Crippen LogP contribution in [0.25, 0.3) is 0 Å². The maximum Gasteiger partial charge on any atom is 0.409 e. The minimum Gasteiger partial charge on any atom is -0.465 e. The Labute approximate surface area is 178 Å². The van der Waals surface area contributed by atoms with Crippen molar-refractivity contribution >= 4 is 29.2 Å². The van der Waals surface area contributed by atoms with Crippen molar-refractivity contribution in [3.63, 3.8) is 0 Å². The number of nitrogens with zero attached hydrogens (tertiary/aromatic N) is 2. The third kappa shape index (κ3) is 4.48. The van der Waals surface area contributed by atoms with Crippen molar-refractivity contribution in [2.45, 2.75) is 18.9 Å². The molecule has 1 heterocycles. The molecule has 0 saturated heterocycles. The van der Waals surface area contributed by atoms with Crippen LogP contribution in [-0.4, -0.2) is 40.1 Å². The summed E-state index contributed by atoms with van der Waals surface area (Å²) in [4.78, 5) is 30.3. The Bertz CT molecular complexity index is 1130. The van der Waals surface area contributed by atoms with Gasteiger partial charge >= 0.3 is 6.09 Å². The van der Waals surface area contributed by atoms with Gasteiger partial charge in [-0.2, -0.15) is 0 Å². The van der Waals surface area contributed by atoms with Gasteiger partial charge in [-0.3, -0.25) is 10.1 Å². The van der Waals surface area contributed by atoms with E-state index in [9.17, 15) is 14.0 Å². The van der Waals surface area contributed by atoms with Crippen molar-refractivity contribution in [1.29, 1.82) is 0 Å². The number of fused-ring (bicyclic) bond motifs is 1. The standard InChI is InChI=1S/C23H21FN4O3/c1-28(17-10-14-6-2-3-7-15(14)11-17)22(29)20-12-16(25-23(30)31)13-21(27-20)26-19-9-5-4-8-18(19)24/h2-9,12-13,17H,10-11H2,1H3,(H,30,31)(H2,25,26,27). The fourth-order valence-corrected chi connectivity index (χ4v) is 3.76. The average molecular weight is 420 g/mol. The molecule has 4 rings (SSSR count). The summed E-state index contributed by atoms with van der Waals surface area (Å²) in [6, 6.07) is 16.9. The molecule has 0 fully saturated rings. The van der Waals surface area contributed by atoms with Crippen molar-refractivity contribution in [2.24, 2.45) is 0 Å². The Morgan fingerprint density at radius 1 is 1.06 bits per heavy atom. The largest absolute Gasteiger partial charge is 0.465 e. The van der Waals surface area contributed by atoms with Crippen molar-refractivity contribution in [3.8, 4) is 0 Å². The number of hydrogen-bond donors (Lipinski definition) is 3. The summed E-state index contributed by atoms with van der Waals surface area (Å²) in [6.07, 6.45) is 0.207. The van der Waals surface area contributed by atoms with Gasteiger partial charge in [0.25, 0.3) is 5.91 Å². The number of carbonyl (C=O) groups is 2. The molecule has 8 heteroatoms. The smallest absolute Gasteiger partial charge is 0.409 e. The van der Waals surface area contributed by atoms with Crippen LogP contribution in [0.5, 0.6) is 0 Å². The summed E-state index contributed by atoms with van der Waals surface area (Å²) in [5.41, 5.74) is 2.81. The Kier molecular flexibility index (Phi) is 5.53. The first kappa shape index (κ1) is 20.3. The molecule has 0 unspecified atom stereocenters. The van der Waals surface area contributed by atoms with Gasteiger partial charge in [-0.1, -0.05) is 36.4 Å². The van der Waals surface area contributed by atoms with E-state index in [-0.39, 0.29) is 34.8 Å². The molecule has 0 bridgehead atoms. The molecule has 158 valence electrons. The Morgan fingerprint density at radius 3 is 2.35 bits per heavy atom. The molecule has 7 nitrogen and oxygen atoms in total. The summed E-state index contributed by atoms with van der Waals surface area (Å²) < 4.78 is 14.0. The maximum atomic E-state index is 14.0. The zero-order valence-electron chi connectivity index (χ0n) is 16.8. The molecule has 0 aliphatic heterocycles. The predicted octanol–water partition coefficient (Wildman–Crippen LogP) is 4.29. The minimum absolute atomic E-state index is 0.0224. The summed E-state index contributed by atoms with van der Waals surface area (Å²) in [7, 11) is 1.71. The molecular weight excluding hydrogens is 399 g/mol. The van der Waals surface area contributed by atoms with Crippen LogP contribution < -0.4 is 10.6 Å². The van der Waals surface area contributed by atoms with Crippen molar-refractivity contribution < 1.29 is 19.1 Å². The van der Waals surface area contributed by atoms with E-state index < -0.39 is 11.9 Å². The summed E-state index contributed by atoms with van der Waals surface area (Å²) in [5, 5.41) is 14.1. The van der Waals surface area contributed by atoms with Gasteiger partial charge in [0.15, 0.2) is 0 Å². The Hall–Kier alpha value is -3.94. The van der Waals surface area contributed by atoms with Crippen molar-refractivity contribution in [3.05, 3.63) is 83.3 Å². The first-order valence-electron chi connectivity index (χ1n) is 9.78. The number of hydrogen-bond acceptors (Lipinski definition) is 4. The fraction of sp³-hybridized carbons (Fsp3) is 0.174. The van der Waals surface area contributed by atoms with Crippen LogP contribution in [0.1, 0.15) is 21.6 Å². The number of benzene rings is 2. The van der Waals surface area contributed by atoms with Crippen LogP contribution in [0, 0.1) is 5.82 Å². The van der Waals surface area contributed by atoms with Gasteiger partial charge in [-0.15, -0.1) is 0 Å². The number of halogens is 1. The molecule has 3 N–H and O–H groups in total. The first-order chi connectivity index (χ1) is 14.9. The lowest BCUT2D eigenvalue weighted by molar-refractivity contribution is 0.0732. The predicted molar refractivity (Wildman–Crippen MR) is 115 cm³/mol. The van der Waals surface area contributed by atoms with Crippen LogP contribution in [0.4, 0.5) is 26.4 Å². The van der Waals surface area contributed by atoms with Gasteiger partial charge in [0.05, 0.1) is 11.4 Å². The molecule has 3 aromatic rings. The van der Waals surface area contributed by atoms with Crippen molar-refractivity contribution in [2.75, 3.05) is 17.7 Å². The Balaban J connectivity index is 1.61. The van der Waals surface area contributed by atoms with E-state index in [1.165, 1.54) is 35.4 Å². The number of rotatable bonds is 5. The van der Waals surface area contributed by atoms with Crippen LogP contribution in [0.2, 0.25) is 0 Å². The molecular formula is C23H21FN4O3. The number of para-hydroxylation sites is 1. The van der Waals surface area contributed by atoms with E-state index in [0.717, 1.165) is 12.8 Å². The van der Waals surface area contributed by atoms with Crippen LogP contribution in [-0.2, 0) is 12.8 Å². The van der Waals surface area contributed by atoms with Gasteiger partial charge in [-0.25, -0.2) is 14.2 Å². The van der Waals surface area contributed by atoms with E-state index in [1.807, 2.05) is 12.1 Å². The monoisotopic (exact) mass is 420 g/mol. The Morgan fingerprint density at radius 2 is 1.71 bits per heavy atom. The average Bonchev–Trinajstić information content (AvgIpc) is 3.18. The number of nitrogens with one attached hydrogen (secondary N) is 2. The lowest BCUT2D eigenvalue weighted by Gasteiger charge is -2.24. The quantitative estimate of drug-likeness (QED) is 0.572. The summed E-state index contributed by atoms with van der Waals surface area (Å²) in [6.45, 7) is 0. The van der Waals surface area contributed by atoms with E-state index in [2.05, 4.69) is 27.8 Å². The number of carbonyl (C=O) groups excluding carboxylic acids is 1. The van der Waals surface area contributed by atoms with Crippen LogP contribution >= 0.6 is 0 Å². The van der Waals surface area contributed by atoms with E-state index in [1.54, 1.807) is 24.1 Å². The number of carboxylic acid groups (broad SMARTS) is 1. The first-order valence-corrected chi connectivity index (χ1v) is 9.78. The molecule has 0 radical (unpaired) electrons. The lowest BCUT2D eigenvalue weighted by atomic mass is 10.1. The van der Waals surface area contributed by atoms with E-state index in [0.29, 0.717) is 0 Å². The topological polar surface area (TPSA) is 94.6 Å². The fourth-order valence-electron chi connectivity index (χ4n) is 3.76. The molecule has 1 aromatic heterocycles. The summed E-state index contributed by atoms with van der Waals surface area (Å²) >= 11 is 0. The van der Waals surface area contributed by atoms with Crippen molar-refractivity contribution in [1.82, 2.24) is 9.88 Å². The van der Waals surface area contributed by atoms with Gasteiger partial charge in [0.1, 0.15) is 17.3 Å². The highest BCUT2D eigenvalue weighted by Crippen LogP contribution is 2.27. The molecule has 31 heavy (non-hydrogen) atoms. The molecule has 1 aliphatic rings. The van der Waals surface area contributed by atoms with Gasteiger partial charge in [0, 0.05) is 19.2 Å². The normalized spacial score (nSPS) is 12.8. The van der Waals surface area contributed by atoms with Gasteiger partial charge < -0.3 is 15.3 Å². The second-order valence-corrected chi connectivity index (χ2v) is 7.41. The highest BCUT2D eigenvalue weighted by Gasteiger charge is 2.28. The van der Waals surface area contributed by atoms with Crippen LogP contribution in [0.15, 0.2) is 60.7 Å². The van der Waals surface area contributed by atoms with Gasteiger partial charge in [0.2, 0.25) is 0 Å². The number of likely N-dealkylation sites (N-methyl/N-ethyl adjacent to an activating group) is 1. The second kappa shape index (κ2) is 8.43. The number of pyridine rings is 1. The molecule has 0 atom stereocenters. The number of aromatic nitrogens is 1. The van der Waals surface area contributed by atoms with Crippen LogP contribution in [0.3, 0.4) is 0 Å². The van der Waals surface area contributed by atoms with E-state index in [4.69, 9.17) is 5.11 Å². The zero-order valence-corrected chi connectivity index (χ0v) is 16.8. The van der Waals surface area contributed by atoms with Gasteiger partial charge in [-0.05, 0) is 42.2 Å². The molecule has 1 aliphatic carbocycles. The number of amides is 2. The highest BCUT2D eigenvalue weighted by molar-refractivity contribution is 5.95. The second-order valence-electron chi connectivity index (χ2n) is 7.41. The molecule has 2 aromatic carbocycles. The lowest BCUT2D eigenvalue weighted by Crippen LogP contribution is -2.38. The molecule has 2 amide bonds. The zero-order chi connectivity index (χ0) is 22.0. The van der Waals surface area contributed by atoms with E-state index >= 15 is 0 Å².